The Bertz CT molecular complexity index is 3060. The maximum Gasteiger partial charge on any atom is 0.153 e. The third kappa shape index (κ3) is 4.48. The van der Waals surface area contributed by atoms with Gasteiger partial charge in [-0.25, -0.2) is 4.99 Å². The molecule has 0 bridgehead atoms. The first-order chi connectivity index (χ1) is 25.8. The molecule has 1 aliphatic heterocycles. The van der Waals surface area contributed by atoms with E-state index in [0.29, 0.717) is 0 Å². The molecule has 1 aliphatic rings. The molecule has 10 aromatic rings. The first kappa shape index (κ1) is 29.0. The van der Waals surface area contributed by atoms with E-state index in [2.05, 4.69) is 126 Å². The molecule has 11 rings (SSSR count). The summed E-state index contributed by atoms with van der Waals surface area (Å²) in [5.41, 5.74) is 9.63. The lowest BCUT2D eigenvalue weighted by Gasteiger charge is -2.33. The minimum atomic E-state index is -0.354. The standard InChI is InChI=1S/C46H30N4O2/c1-2-11-28-26-29(24-23-27(28)10-1)44-48-45(50-46(49-44)36-18-8-20-38-41(36)35-12-3-4-19-37(35)51-38)34-17-6-13-30-31(14-5-15-32(30)34)33-16-7-21-39-42(33)43-40(52-39)22-9-25-47-43/h1-26,44,46,49H,(H,48,50). The first-order valence-electron chi connectivity index (χ1n) is 17.5. The average molecular weight is 671 g/mol. The van der Waals surface area contributed by atoms with Gasteiger partial charge in [0, 0.05) is 28.1 Å². The predicted molar refractivity (Wildman–Crippen MR) is 210 cm³/mol. The van der Waals surface area contributed by atoms with Crippen molar-refractivity contribution in [2.45, 2.75) is 12.3 Å². The van der Waals surface area contributed by atoms with Crippen LogP contribution in [0.2, 0.25) is 0 Å². The number of hydrogen-bond donors (Lipinski definition) is 2. The molecule has 0 spiro atoms. The summed E-state index contributed by atoms with van der Waals surface area (Å²) in [6.45, 7) is 0. The quantitative estimate of drug-likeness (QED) is 0.195. The van der Waals surface area contributed by atoms with Gasteiger partial charge in [0.25, 0.3) is 0 Å². The molecule has 0 amide bonds. The third-order valence-corrected chi connectivity index (χ3v) is 10.4. The minimum absolute atomic E-state index is 0.217. The molecule has 4 heterocycles. The summed E-state index contributed by atoms with van der Waals surface area (Å²) in [7, 11) is 0. The Hall–Kier alpha value is -6.76. The molecular formula is C46H30N4O2. The number of rotatable bonds is 4. The van der Waals surface area contributed by atoms with Crippen LogP contribution in [-0.4, -0.2) is 10.8 Å². The number of aliphatic imine (C=N–C) groups is 1. The summed E-state index contributed by atoms with van der Waals surface area (Å²) < 4.78 is 12.5. The Kier molecular flexibility index (Phi) is 6.35. The highest BCUT2D eigenvalue weighted by Crippen LogP contribution is 2.40. The van der Waals surface area contributed by atoms with Gasteiger partial charge in [0.05, 0.1) is 5.39 Å². The van der Waals surface area contributed by atoms with E-state index in [9.17, 15) is 0 Å². The van der Waals surface area contributed by atoms with E-state index in [1.165, 1.54) is 10.8 Å². The minimum Gasteiger partial charge on any atom is -0.456 e. The Morgan fingerprint density at radius 3 is 2.10 bits per heavy atom. The summed E-state index contributed by atoms with van der Waals surface area (Å²) in [4.78, 5) is 10.2. The second-order valence-electron chi connectivity index (χ2n) is 13.4. The molecule has 6 nitrogen and oxygen atoms in total. The number of hydrogen-bond acceptors (Lipinski definition) is 6. The number of amidine groups is 1. The number of fused-ring (bicyclic) bond motifs is 8. The number of nitrogens with one attached hydrogen (secondary N) is 2. The van der Waals surface area contributed by atoms with Gasteiger partial charge in [0.15, 0.2) is 5.58 Å². The monoisotopic (exact) mass is 670 g/mol. The van der Waals surface area contributed by atoms with E-state index in [4.69, 9.17) is 18.8 Å². The number of benzene rings is 7. The van der Waals surface area contributed by atoms with Crippen LogP contribution in [-0.2, 0) is 0 Å². The molecule has 2 unspecified atom stereocenters. The van der Waals surface area contributed by atoms with Gasteiger partial charge in [-0.15, -0.1) is 0 Å². The fourth-order valence-corrected chi connectivity index (χ4v) is 8.06. The van der Waals surface area contributed by atoms with Crippen LogP contribution in [0, 0.1) is 0 Å². The van der Waals surface area contributed by atoms with Crippen LogP contribution in [0.25, 0.3) is 76.7 Å². The van der Waals surface area contributed by atoms with Gasteiger partial charge in [-0.3, -0.25) is 10.3 Å². The van der Waals surface area contributed by atoms with E-state index in [1.807, 2.05) is 42.6 Å². The molecule has 7 aromatic carbocycles. The van der Waals surface area contributed by atoms with E-state index in [0.717, 1.165) is 88.4 Å². The Morgan fingerprint density at radius 2 is 1.17 bits per heavy atom. The second kappa shape index (κ2) is 11.4. The zero-order chi connectivity index (χ0) is 34.2. The van der Waals surface area contributed by atoms with Crippen molar-refractivity contribution in [2.24, 2.45) is 4.99 Å². The van der Waals surface area contributed by atoms with Gasteiger partial charge in [0.1, 0.15) is 40.4 Å². The lowest BCUT2D eigenvalue weighted by atomic mass is 9.93. The molecule has 52 heavy (non-hydrogen) atoms. The molecule has 246 valence electrons. The Balaban J connectivity index is 1.11. The second-order valence-corrected chi connectivity index (χ2v) is 13.4. The summed E-state index contributed by atoms with van der Waals surface area (Å²) in [6, 6.07) is 52.8. The Morgan fingerprint density at radius 1 is 0.500 bits per heavy atom. The molecule has 0 fully saturated rings. The van der Waals surface area contributed by atoms with Gasteiger partial charge in [-0.05, 0) is 74.6 Å². The lowest BCUT2D eigenvalue weighted by molar-refractivity contribution is 0.411. The van der Waals surface area contributed by atoms with E-state index in [-0.39, 0.29) is 12.3 Å². The summed E-state index contributed by atoms with van der Waals surface area (Å²) in [5, 5.41) is 15.5. The van der Waals surface area contributed by atoms with Crippen LogP contribution in [0.15, 0.2) is 172 Å². The molecule has 0 saturated carbocycles. The van der Waals surface area contributed by atoms with Crippen molar-refractivity contribution in [3.63, 3.8) is 0 Å². The zero-order valence-corrected chi connectivity index (χ0v) is 27.9. The van der Waals surface area contributed by atoms with Crippen molar-refractivity contribution >= 4 is 71.4 Å². The summed E-state index contributed by atoms with van der Waals surface area (Å²) >= 11 is 0. The highest BCUT2D eigenvalue weighted by atomic mass is 16.3. The maximum atomic E-state index is 6.32. The van der Waals surface area contributed by atoms with Crippen molar-refractivity contribution in [2.75, 3.05) is 0 Å². The van der Waals surface area contributed by atoms with Gasteiger partial charge in [-0.2, -0.15) is 0 Å². The normalized spacial score (nSPS) is 16.3. The number of para-hydroxylation sites is 1. The molecular weight excluding hydrogens is 641 g/mol. The maximum absolute atomic E-state index is 6.32. The van der Waals surface area contributed by atoms with Crippen LogP contribution < -0.4 is 10.6 Å². The van der Waals surface area contributed by atoms with Crippen LogP contribution >= 0.6 is 0 Å². The van der Waals surface area contributed by atoms with Gasteiger partial charge >= 0.3 is 0 Å². The molecule has 0 radical (unpaired) electrons. The predicted octanol–water partition coefficient (Wildman–Crippen LogP) is 11.2. The van der Waals surface area contributed by atoms with E-state index >= 15 is 0 Å². The highest BCUT2D eigenvalue weighted by Gasteiger charge is 2.29. The fourth-order valence-electron chi connectivity index (χ4n) is 8.06. The zero-order valence-electron chi connectivity index (χ0n) is 27.9. The van der Waals surface area contributed by atoms with Crippen molar-refractivity contribution in [1.82, 2.24) is 15.6 Å². The van der Waals surface area contributed by atoms with Crippen molar-refractivity contribution in [3.05, 3.63) is 175 Å². The molecule has 2 atom stereocenters. The highest BCUT2D eigenvalue weighted by molar-refractivity contribution is 6.17. The van der Waals surface area contributed by atoms with Crippen LogP contribution in [0.1, 0.15) is 29.0 Å². The van der Waals surface area contributed by atoms with Crippen LogP contribution in [0.5, 0.6) is 0 Å². The van der Waals surface area contributed by atoms with Crippen LogP contribution in [0.4, 0.5) is 0 Å². The van der Waals surface area contributed by atoms with Crippen LogP contribution in [0.3, 0.4) is 0 Å². The number of pyridine rings is 1. The molecule has 0 saturated heterocycles. The van der Waals surface area contributed by atoms with Gasteiger partial charge < -0.3 is 14.2 Å². The fraction of sp³-hybridized carbons (Fsp3) is 0.0435. The SMILES string of the molecule is c1ccc2cc(C3NC(c4cccc5c(-c6cccc7oc8cccnc8c67)cccc45)=NC(c4cccc5oc6ccccc6c45)N3)ccc2c1. The topological polar surface area (TPSA) is 75.6 Å². The van der Waals surface area contributed by atoms with E-state index < -0.39 is 0 Å². The van der Waals surface area contributed by atoms with E-state index in [1.54, 1.807) is 0 Å². The molecule has 3 aromatic heterocycles. The Labute approximate surface area is 298 Å². The molecule has 2 N–H and O–H groups in total. The largest absolute Gasteiger partial charge is 0.456 e. The molecule has 6 heteroatoms. The smallest absolute Gasteiger partial charge is 0.153 e. The van der Waals surface area contributed by atoms with Gasteiger partial charge in [0.2, 0.25) is 0 Å². The van der Waals surface area contributed by atoms with Gasteiger partial charge in [-0.1, -0.05) is 115 Å². The number of furan rings is 2. The van der Waals surface area contributed by atoms with Crippen molar-refractivity contribution in [3.8, 4) is 11.1 Å². The summed E-state index contributed by atoms with van der Waals surface area (Å²) in [6.07, 6.45) is 1.25. The third-order valence-electron chi connectivity index (χ3n) is 10.4. The van der Waals surface area contributed by atoms with Crippen molar-refractivity contribution < 1.29 is 8.83 Å². The number of aromatic nitrogens is 1. The molecule has 0 aliphatic carbocycles. The first-order valence-corrected chi connectivity index (χ1v) is 17.5. The van der Waals surface area contributed by atoms with Crippen molar-refractivity contribution in [1.29, 1.82) is 0 Å². The average Bonchev–Trinajstić information content (AvgIpc) is 3.79. The summed E-state index contributed by atoms with van der Waals surface area (Å²) in [5.74, 6) is 0.822. The number of nitrogens with zero attached hydrogens (tertiary/aromatic N) is 2. The lowest BCUT2D eigenvalue weighted by Crippen LogP contribution is -2.45.